The molecule has 21 heavy (non-hydrogen) atoms. The lowest BCUT2D eigenvalue weighted by molar-refractivity contribution is -0.645. The molecule has 1 saturated heterocycles. The molecule has 4 bridgehead atoms. The Kier molecular flexibility index (Phi) is 2.46. The average molecular weight is 285 g/mol. The molecule has 1 aromatic rings. The highest BCUT2D eigenvalue weighted by molar-refractivity contribution is 5.29. The third-order valence-electron chi connectivity index (χ3n) is 6.54. The lowest BCUT2D eigenvalue weighted by atomic mass is 9.47. The number of rotatable bonds is 2. The van der Waals surface area contributed by atoms with Gasteiger partial charge in [0.05, 0.1) is 0 Å². The van der Waals surface area contributed by atoms with Crippen LogP contribution in [0.5, 0.6) is 0 Å². The highest BCUT2D eigenvalue weighted by Gasteiger charge is 2.76. The van der Waals surface area contributed by atoms with Crippen molar-refractivity contribution in [2.45, 2.75) is 43.5 Å². The topological polar surface area (TPSA) is 27.7 Å². The van der Waals surface area contributed by atoms with E-state index < -0.39 is 5.79 Å². The molecule has 1 unspecified atom stereocenters. The summed E-state index contributed by atoms with van der Waals surface area (Å²) < 4.78 is 5.97. The van der Waals surface area contributed by atoms with Gasteiger partial charge < -0.3 is 4.74 Å². The second kappa shape index (κ2) is 4.09. The van der Waals surface area contributed by atoms with Crippen LogP contribution in [0.1, 0.15) is 37.7 Å². The van der Waals surface area contributed by atoms with Crippen LogP contribution in [0.2, 0.25) is 0 Å². The molecule has 3 nitrogen and oxygen atoms in total. The fraction of sp³-hybridized carbons (Fsp3) is 0.667. The van der Waals surface area contributed by atoms with Gasteiger partial charge in [0.1, 0.15) is 0 Å². The number of ether oxygens (including phenoxy) is 1. The third kappa shape index (κ3) is 1.36. The Morgan fingerprint density at radius 3 is 2.29 bits per heavy atom. The first-order chi connectivity index (χ1) is 10.3. The minimum atomic E-state index is -0.729. The third-order valence-corrected chi connectivity index (χ3v) is 6.54. The predicted molar refractivity (Wildman–Crippen MR) is 75.9 cm³/mol. The molecular weight excluding hydrogens is 264 g/mol. The van der Waals surface area contributed by atoms with Gasteiger partial charge in [-0.2, -0.15) is 4.89 Å². The van der Waals surface area contributed by atoms with Crippen LogP contribution >= 0.6 is 0 Å². The second-order valence-electron chi connectivity index (χ2n) is 7.38. The summed E-state index contributed by atoms with van der Waals surface area (Å²) in [7, 11) is 1.75. The smallest absolute Gasteiger partial charge is 0.260 e. The van der Waals surface area contributed by atoms with Gasteiger partial charge in [-0.3, -0.25) is 0 Å². The fourth-order valence-corrected chi connectivity index (χ4v) is 5.95. The molecule has 1 aromatic carbocycles. The van der Waals surface area contributed by atoms with Gasteiger partial charge in [-0.05, 0) is 67.9 Å². The Bertz CT molecular complexity index is 523. The molecule has 0 aromatic heterocycles. The zero-order valence-electron chi connectivity index (χ0n) is 12.4. The van der Waals surface area contributed by atoms with Crippen molar-refractivity contribution in [3.8, 4) is 0 Å². The van der Waals surface area contributed by atoms with Crippen molar-refractivity contribution in [3.05, 3.63) is 35.9 Å². The van der Waals surface area contributed by atoms with Crippen LogP contribution in [-0.2, 0) is 20.3 Å². The summed E-state index contributed by atoms with van der Waals surface area (Å²) in [6.45, 7) is 0. The minimum Gasteiger partial charge on any atom is -0.345 e. The van der Waals surface area contributed by atoms with E-state index in [1.807, 2.05) is 18.2 Å². The maximum absolute atomic E-state index is 5.97. The Morgan fingerprint density at radius 1 is 1.10 bits per heavy atom. The Balaban J connectivity index is 1.62. The summed E-state index contributed by atoms with van der Waals surface area (Å²) in [6.07, 6.45) is 6.54. The molecule has 5 fully saturated rings. The van der Waals surface area contributed by atoms with Crippen LogP contribution in [0, 0.1) is 29.7 Å². The summed E-state index contributed by atoms with van der Waals surface area (Å²) in [6, 6.07) is 11.1. The first kappa shape index (κ1) is 12.6. The highest BCUT2D eigenvalue weighted by Crippen LogP contribution is 2.69. The largest absolute Gasteiger partial charge is 0.345 e. The van der Waals surface area contributed by atoms with Gasteiger partial charge >= 0.3 is 0 Å². The highest BCUT2D eigenvalue weighted by atomic mass is 17.3. The van der Waals surface area contributed by atoms with E-state index in [2.05, 4.69) is 12.1 Å². The van der Waals surface area contributed by atoms with Crippen LogP contribution in [0.3, 0.4) is 0 Å². The molecule has 1 atom stereocenters. The molecule has 1 spiro atoms. The zero-order chi connectivity index (χ0) is 14.1. The monoisotopic (exact) mass is 285 g/mol. The van der Waals surface area contributed by atoms with Gasteiger partial charge in [0, 0.05) is 12.7 Å². The van der Waals surface area contributed by atoms with Gasteiger partial charge in [-0.15, -0.1) is 0 Å². The maximum Gasteiger partial charge on any atom is 0.260 e. The van der Waals surface area contributed by atoms with E-state index in [9.17, 15) is 0 Å². The maximum atomic E-state index is 5.97. The van der Waals surface area contributed by atoms with Gasteiger partial charge in [0.2, 0.25) is 0 Å². The first-order valence-corrected chi connectivity index (χ1v) is 8.17. The lowest BCUT2D eigenvalue weighted by Crippen LogP contribution is -2.76. The summed E-state index contributed by atoms with van der Waals surface area (Å²) in [5, 5.41) is 0. The van der Waals surface area contributed by atoms with Crippen molar-refractivity contribution >= 4 is 0 Å². The standard InChI is InChI=1S/C18H21O3/c1-19-18(14-5-3-2-4-6-14)17(20-21-18)15-8-12-7-13(10-15)11-16(17)9-12/h2-3,5-6,12-13,15-16H,7-11H2,1H3. The summed E-state index contributed by atoms with van der Waals surface area (Å²) in [4.78, 5) is 11.6. The first-order valence-electron chi connectivity index (χ1n) is 8.17. The quantitative estimate of drug-likeness (QED) is 0.779. The van der Waals surface area contributed by atoms with E-state index in [4.69, 9.17) is 14.5 Å². The van der Waals surface area contributed by atoms with Crippen LogP contribution in [0.15, 0.2) is 24.3 Å². The molecule has 1 aliphatic heterocycles. The number of methoxy groups -OCH3 is 1. The minimum absolute atomic E-state index is 0.273. The molecule has 0 N–H and O–H groups in total. The van der Waals surface area contributed by atoms with Crippen LogP contribution in [0.4, 0.5) is 0 Å². The molecule has 1 radical (unpaired) electrons. The van der Waals surface area contributed by atoms with Crippen LogP contribution < -0.4 is 0 Å². The van der Waals surface area contributed by atoms with Crippen molar-refractivity contribution in [2.24, 2.45) is 23.7 Å². The van der Waals surface area contributed by atoms with Crippen molar-refractivity contribution in [2.75, 3.05) is 7.11 Å². The Hall–Kier alpha value is -0.900. The zero-order valence-corrected chi connectivity index (χ0v) is 12.4. The second-order valence-corrected chi connectivity index (χ2v) is 7.38. The molecule has 3 heteroatoms. The molecule has 0 amide bonds. The number of benzene rings is 1. The van der Waals surface area contributed by atoms with Crippen LogP contribution in [0.25, 0.3) is 0 Å². The van der Waals surface area contributed by atoms with E-state index in [0.717, 1.165) is 17.4 Å². The molecule has 5 aliphatic rings. The summed E-state index contributed by atoms with van der Waals surface area (Å²) in [5.41, 5.74) is 0.774. The molecule has 4 aliphatic carbocycles. The van der Waals surface area contributed by atoms with E-state index >= 15 is 0 Å². The van der Waals surface area contributed by atoms with Crippen molar-refractivity contribution in [1.82, 2.24) is 0 Å². The summed E-state index contributed by atoms with van der Waals surface area (Å²) in [5.74, 6) is 2.22. The lowest BCUT2D eigenvalue weighted by Gasteiger charge is -2.68. The van der Waals surface area contributed by atoms with Crippen molar-refractivity contribution in [1.29, 1.82) is 0 Å². The van der Waals surface area contributed by atoms with Crippen molar-refractivity contribution in [3.63, 3.8) is 0 Å². The normalized spacial score (nSPS) is 50.3. The molecule has 4 saturated carbocycles. The number of hydrogen-bond donors (Lipinski definition) is 0. The molecule has 111 valence electrons. The fourth-order valence-electron chi connectivity index (χ4n) is 5.95. The average Bonchev–Trinajstić information content (AvgIpc) is 2.47. The SMILES string of the molecule is COC1(c2c[c]ccc2)OOC12C1CC3CC(C1)CC2C3. The molecular formula is C18H21O3. The van der Waals surface area contributed by atoms with E-state index in [1.54, 1.807) is 7.11 Å². The predicted octanol–water partition coefficient (Wildman–Crippen LogP) is 3.44. The van der Waals surface area contributed by atoms with Crippen LogP contribution in [-0.4, -0.2) is 12.7 Å². The molecule has 6 rings (SSSR count). The van der Waals surface area contributed by atoms with E-state index in [0.29, 0.717) is 11.8 Å². The number of hydrogen-bond acceptors (Lipinski definition) is 3. The molecule has 1 heterocycles. The Morgan fingerprint density at radius 2 is 1.81 bits per heavy atom. The van der Waals surface area contributed by atoms with E-state index in [1.165, 1.54) is 32.1 Å². The van der Waals surface area contributed by atoms with E-state index in [-0.39, 0.29) is 5.60 Å². The van der Waals surface area contributed by atoms with Crippen molar-refractivity contribution < 1.29 is 14.5 Å². The van der Waals surface area contributed by atoms with Gasteiger partial charge in [0.15, 0.2) is 5.60 Å². The van der Waals surface area contributed by atoms with Gasteiger partial charge in [-0.25, -0.2) is 4.89 Å². The van der Waals surface area contributed by atoms with Gasteiger partial charge in [0.25, 0.3) is 5.79 Å². The van der Waals surface area contributed by atoms with Gasteiger partial charge in [-0.1, -0.05) is 18.2 Å². The summed E-state index contributed by atoms with van der Waals surface area (Å²) >= 11 is 0. The Labute approximate surface area is 125 Å².